The molecule has 2 aromatic rings. The van der Waals surface area contributed by atoms with E-state index in [1.54, 1.807) is 12.3 Å². The second kappa shape index (κ2) is 8.77. The second-order valence-corrected chi connectivity index (χ2v) is 7.43. The molecule has 1 atom stereocenters. The van der Waals surface area contributed by atoms with Crippen LogP contribution in [0.2, 0.25) is 0 Å². The predicted octanol–water partition coefficient (Wildman–Crippen LogP) is 3.40. The van der Waals surface area contributed by atoms with Crippen LogP contribution in [0.3, 0.4) is 0 Å². The summed E-state index contributed by atoms with van der Waals surface area (Å²) in [4.78, 5) is 24.2. The summed E-state index contributed by atoms with van der Waals surface area (Å²) in [5.41, 5.74) is 1.58. The van der Waals surface area contributed by atoms with E-state index < -0.39 is 5.25 Å². The SMILES string of the molecule is O=C(C[C@H]1S/C(=N/N=C\c2ccccc2)NC1=O)Nc1ccccc1Br. The van der Waals surface area contributed by atoms with E-state index in [9.17, 15) is 9.59 Å². The van der Waals surface area contributed by atoms with Crippen LogP contribution in [0.15, 0.2) is 69.3 Å². The van der Waals surface area contributed by atoms with Crippen molar-refractivity contribution in [2.24, 2.45) is 10.2 Å². The average molecular weight is 431 g/mol. The number of para-hydroxylation sites is 1. The van der Waals surface area contributed by atoms with Gasteiger partial charge in [-0.05, 0) is 33.6 Å². The molecule has 2 amide bonds. The Morgan fingerprint density at radius 2 is 1.92 bits per heavy atom. The predicted molar refractivity (Wildman–Crippen MR) is 108 cm³/mol. The van der Waals surface area contributed by atoms with Crippen molar-refractivity contribution >= 4 is 56.6 Å². The molecule has 1 fully saturated rings. The Balaban J connectivity index is 1.56. The minimum atomic E-state index is -0.525. The summed E-state index contributed by atoms with van der Waals surface area (Å²) >= 11 is 4.57. The highest BCUT2D eigenvalue weighted by Crippen LogP contribution is 2.25. The Morgan fingerprint density at radius 1 is 1.19 bits per heavy atom. The molecule has 0 aromatic heterocycles. The fraction of sp³-hybridized carbons (Fsp3) is 0.111. The van der Waals surface area contributed by atoms with Gasteiger partial charge in [-0.1, -0.05) is 54.2 Å². The summed E-state index contributed by atoms with van der Waals surface area (Å²) in [6.07, 6.45) is 1.66. The van der Waals surface area contributed by atoms with E-state index >= 15 is 0 Å². The van der Waals surface area contributed by atoms with Crippen LogP contribution >= 0.6 is 27.7 Å². The van der Waals surface area contributed by atoms with Crippen molar-refractivity contribution < 1.29 is 9.59 Å². The highest BCUT2D eigenvalue weighted by Gasteiger charge is 2.32. The largest absolute Gasteiger partial charge is 0.325 e. The topological polar surface area (TPSA) is 82.9 Å². The Hall–Kier alpha value is -2.45. The number of nitrogens with zero attached hydrogens (tertiary/aromatic N) is 2. The number of nitrogens with one attached hydrogen (secondary N) is 2. The molecule has 0 spiro atoms. The number of hydrogen-bond acceptors (Lipinski definition) is 5. The van der Waals surface area contributed by atoms with Crippen molar-refractivity contribution in [2.45, 2.75) is 11.7 Å². The molecule has 1 aliphatic heterocycles. The molecule has 2 aromatic carbocycles. The lowest BCUT2D eigenvalue weighted by molar-refractivity contribution is -0.122. The van der Waals surface area contributed by atoms with E-state index in [1.807, 2.05) is 48.5 Å². The molecule has 1 aliphatic rings. The lowest BCUT2D eigenvalue weighted by atomic mass is 10.2. The van der Waals surface area contributed by atoms with Crippen molar-refractivity contribution in [2.75, 3.05) is 5.32 Å². The summed E-state index contributed by atoms with van der Waals surface area (Å²) in [6.45, 7) is 0. The van der Waals surface area contributed by atoms with Gasteiger partial charge < -0.3 is 10.6 Å². The molecule has 0 unspecified atom stereocenters. The minimum Gasteiger partial charge on any atom is -0.325 e. The smallest absolute Gasteiger partial charge is 0.240 e. The summed E-state index contributed by atoms with van der Waals surface area (Å²) in [5, 5.41) is 13.3. The van der Waals surface area contributed by atoms with Gasteiger partial charge in [0.25, 0.3) is 0 Å². The van der Waals surface area contributed by atoms with E-state index in [0.29, 0.717) is 10.9 Å². The molecule has 6 nitrogen and oxygen atoms in total. The molecule has 0 radical (unpaired) electrons. The first-order valence-electron chi connectivity index (χ1n) is 7.80. The van der Waals surface area contributed by atoms with E-state index in [0.717, 1.165) is 10.0 Å². The summed E-state index contributed by atoms with van der Waals surface area (Å²) < 4.78 is 0.786. The number of rotatable bonds is 5. The molecule has 8 heteroatoms. The van der Waals surface area contributed by atoms with E-state index in [2.05, 4.69) is 36.8 Å². The molecule has 0 aliphatic carbocycles. The highest BCUT2D eigenvalue weighted by molar-refractivity contribution is 9.10. The van der Waals surface area contributed by atoms with Gasteiger partial charge in [0, 0.05) is 10.9 Å². The van der Waals surface area contributed by atoms with Crippen LogP contribution < -0.4 is 10.6 Å². The number of carbonyl (C=O) groups is 2. The highest BCUT2D eigenvalue weighted by atomic mass is 79.9. The van der Waals surface area contributed by atoms with Crippen LogP contribution in [-0.2, 0) is 9.59 Å². The molecule has 1 saturated heterocycles. The number of anilines is 1. The monoisotopic (exact) mass is 430 g/mol. The number of carbonyl (C=O) groups excluding carboxylic acids is 2. The third-order valence-electron chi connectivity index (χ3n) is 3.45. The second-order valence-electron chi connectivity index (χ2n) is 5.39. The van der Waals surface area contributed by atoms with Gasteiger partial charge in [-0.2, -0.15) is 5.10 Å². The van der Waals surface area contributed by atoms with Crippen molar-refractivity contribution in [1.82, 2.24) is 5.32 Å². The van der Waals surface area contributed by atoms with Crippen molar-refractivity contribution in [3.8, 4) is 0 Å². The van der Waals surface area contributed by atoms with Gasteiger partial charge in [0.05, 0.1) is 11.9 Å². The molecular formula is C18H15BrN4O2S. The van der Waals surface area contributed by atoms with Gasteiger partial charge in [0.2, 0.25) is 11.8 Å². The molecule has 1 heterocycles. The van der Waals surface area contributed by atoms with Crippen molar-refractivity contribution in [3.63, 3.8) is 0 Å². The maximum absolute atomic E-state index is 12.2. The maximum atomic E-state index is 12.2. The van der Waals surface area contributed by atoms with E-state index in [1.165, 1.54) is 11.8 Å². The molecule has 26 heavy (non-hydrogen) atoms. The van der Waals surface area contributed by atoms with E-state index in [4.69, 9.17) is 0 Å². The number of benzene rings is 2. The van der Waals surface area contributed by atoms with Crippen molar-refractivity contribution in [3.05, 3.63) is 64.6 Å². The fourth-order valence-corrected chi connectivity index (χ4v) is 3.51. The Morgan fingerprint density at radius 3 is 2.69 bits per heavy atom. The van der Waals surface area contributed by atoms with Crippen LogP contribution in [-0.4, -0.2) is 28.4 Å². The van der Waals surface area contributed by atoms with Gasteiger partial charge in [-0.3, -0.25) is 9.59 Å². The minimum absolute atomic E-state index is 0.0548. The van der Waals surface area contributed by atoms with Gasteiger partial charge in [0.15, 0.2) is 5.17 Å². The first-order chi connectivity index (χ1) is 12.6. The van der Waals surface area contributed by atoms with Gasteiger partial charge in [-0.15, -0.1) is 5.10 Å². The number of thioether (sulfide) groups is 1. The number of amides is 2. The van der Waals surface area contributed by atoms with Crippen LogP contribution in [0.25, 0.3) is 0 Å². The van der Waals surface area contributed by atoms with E-state index in [-0.39, 0.29) is 18.2 Å². The molecule has 0 bridgehead atoms. The van der Waals surface area contributed by atoms with Crippen LogP contribution in [0.4, 0.5) is 5.69 Å². The molecular weight excluding hydrogens is 416 g/mol. The third-order valence-corrected chi connectivity index (χ3v) is 5.21. The number of hydrogen-bond donors (Lipinski definition) is 2. The summed E-state index contributed by atoms with van der Waals surface area (Å²) in [7, 11) is 0. The average Bonchev–Trinajstić information content (AvgIpc) is 2.97. The number of amidine groups is 1. The maximum Gasteiger partial charge on any atom is 0.240 e. The van der Waals surface area contributed by atoms with Crippen LogP contribution in [0.5, 0.6) is 0 Å². The van der Waals surface area contributed by atoms with Crippen molar-refractivity contribution in [1.29, 1.82) is 0 Å². The summed E-state index contributed by atoms with van der Waals surface area (Å²) in [6, 6.07) is 16.8. The Bertz CT molecular complexity index is 871. The lowest BCUT2D eigenvalue weighted by Gasteiger charge is -2.08. The molecule has 0 saturated carbocycles. The zero-order valence-electron chi connectivity index (χ0n) is 13.6. The first-order valence-corrected chi connectivity index (χ1v) is 9.47. The third kappa shape index (κ3) is 5.03. The fourth-order valence-electron chi connectivity index (χ4n) is 2.21. The lowest BCUT2D eigenvalue weighted by Crippen LogP contribution is -2.28. The van der Waals surface area contributed by atoms with Gasteiger partial charge >= 0.3 is 0 Å². The quantitative estimate of drug-likeness (QED) is 0.563. The Kier molecular flexibility index (Phi) is 6.19. The molecule has 3 rings (SSSR count). The Labute approximate surface area is 163 Å². The zero-order chi connectivity index (χ0) is 18.4. The molecule has 2 N–H and O–H groups in total. The van der Waals surface area contributed by atoms with Crippen LogP contribution in [0.1, 0.15) is 12.0 Å². The first kappa shape index (κ1) is 18.3. The normalized spacial score (nSPS) is 18.3. The molecule has 132 valence electrons. The van der Waals surface area contributed by atoms with Crippen LogP contribution in [0, 0.1) is 0 Å². The van der Waals surface area contributed by atoms with Gasteiger partial charge in [-0.25, -0.2) is 0 Å². The van der Waals surface area contributed by atoms with Gasteiger partial charge in [0.1, 0.15) is 5.25 Å². The zero-order valence-corrected chi connectivity index (χ0v) is 16.0. The standard InChI is InChI=1S/C18H15BrN4O2S/c19-13-8-4-5-9-14(13)21-16(24)10-15-17(25)22-18(26-15)23-20-11-12-6-2-1-3-7-12/h1-9,11,15H,10H2,(H,21,24)(H,22,23,25)/b20-11-/t15-/m1/s1. The summed E-state index contributed by atoms with van der Waals surface area (Å²) in [5.74, 6) is -0.482. The number of halogens is 1.